The van der Waals surface area contributed by atoms with Crippen molar-refractivity contribution in [3.05, 3.63) is 48.2 Å². The van der Waals surface area contributed by atoms with Crippen molar-refractivity contribution in [2.75, 3.05) is 13.1 Å². The maximum atomic E-state index is 12.2. The molecule has 1 unspecified atom stereocenters. The van der Waals surface area contributed by atoms with Crippen LogP contribution in [0.4, 0.5) is 0 Å². The molecule has 144 valence electrons. The maximum absolute atomic E-state index is 12.2. The Labute approximate surface area is 163 Å². The fourth-order valence-corrected chi connectivity index (χ4v) is 3.68. The molecule has 7 nitrogen and oxygen atoms in total. The van der Waals surface area contributed by atoms with Crippen LogP contribution in [0.2, 0.25) is 0 Å². The summed E-state index contributed by atoms with van der Waals surface area (Å²) < 4.78 is 5.50. The van der Waals surface area contributed by atoms with Gasteiger partial charge in [0.15, 0.2) is 11.6 Å². The average Bonchev–Trinajstić information content (AvgIpc) is 3.19. The van der Waals surface area contributed by atoms with Gasteiger partial charge < -0.3 is 9.42 Å². The number of amides is 1. The number of nitrogens with zero attached hydrogens (tertiary/aromatic N) is 5. The van der Waals surface area contributed by atoms with Crippen molar-refractivity contribution in [1.29, 1.82) is 0 Å². The summed E-state index contributed by atoms with van der Waals surface area (Å²) in [5.41, 5.74) is 3.47. The van der Waals surface area contributed by atoms with Gasteiger partial charge in [-0.2, -0.15) is 0 Å². The maximum Gasteiger partial charge on any atom is 0.222 e. The minimum Gasteiger partial charge on any atom is -0.356 e. The average molecular weight is 377 g/mol. The van der Waals surface area contributed by atoms with Crippen molar-refractivity contribution in [2.45, 2.75) is 39.0 Å². The summed E-state index contributed by atoms with van der Waals surface area (Å²) in [7, 11) is 0. The molecule has 0 N–H and O–H groups in total. The standard InChI is InChI=1S/C21H23N5O2/c1-3-19(27)26-10-4-5-16(13-26)20-17(18-11-14(2)25-28-18)12-23-21(24-20)15-6-8-22-9-7-15/h6-9,11-12,16H,3-5,10,13H2,1-2H3. The molecule has 3 aromatic heterocycles. The lowest BCUT2D eigenvalue weighted by molar-refractivity contribution is -0.132. The van der Waals surface area contributed by atoms with E-state index in [0.717, 1.165) is 41.9 Å². The van der Waals surface area contributed by atoms with Crippen LogP contribution in [-0.2, 0) is 4.79 Å². The van der Waals surface area contributed by atoms with E-state index in [9.17, 15) is 4.79 Å². The lowest BCUT2D eigenvalue weighted by Gasteiger charge is -2.33. The second-order valence-electron chi connectivity index (χ2n) is 7.09. The molecule has 0 aliphatic carbocycles. The van der Waals surface area contributed by atoms with Crippen LogP contribution in [0.15, 0.2) is 41.3 Å². The number of aryl methyl sites for hydroxylation is 1. The monoisotopic (exact) mass is 377 g/mol. The van der Waals surface area contributed by atoms with Gasteiger partial charge in [0.25, 0.3) is 0 Å². The van der Waals surface area contributed by atoms with E-state index in [-0.39, 0.29) is 11.8 Å². The van der Waals surface area contributed by atoms with E-state index >= 15 is 0 Å². The lowest BCUT2D eigenvalue weighted by Crippen LogP contribution is -2.39. The molecule has 1 amide bonds. The first-order valence-corrected chi connectivity index (χ1v) is 9.64. The molecule has 1 atom stereocenters. The normalized spacial score (nSPS) is 16.9. The molecule has 1 saturated heterocycles. The van der Waals surface area contributed by atoms with Crippen LogP contribution in [0.25, 0.3) is 22.7 Å². The zero-order chi connectivity index (χ0) is 19.5. The third kappa shape index (κ3) is 3.65. The summed E-state index contributed by atoms with van der Waals surface area (Å²) in [5, 5.41) is 4.01. The molecule has 7 heteroatoms. The van der Waals surface area contributed by atoms with Crippen LogP contribution in [-0.4, -0.2) is 44.0 Å². The largest absolute Gasteiger partial charge is 0.356 e. The number of aromatic nitrogens is 4. The van der Waals surface area contributed by atoms with E-state index in [4.69, 9.17) is 9.51 Å². The van der Waals surface area contributed by atoms with E-state index < -0.39 is 0 Å². The summed E-state index contributed by atoms with van der Waals surface area (Å²) >= 11 is 0. The van der Waals surface area contributed by atoms with Crippen molar-refractivity contribution in [3.8, 4) is 22.7 Å². The fraction of sp³-hybridized carbons (Fsp3) is 0.381. The van der Waals surface area contributed by atoms with E-state index in [1.165, 1.54) is 0 Å². The smallest absolute Gasteiger partial charge is 0.222 e. The van der Waals surface area contributed by atoms with Crippen molar-refractivity contribution in [3.63, 3.8) is 0 Å². The van der Waals surface area contributed by atoms with Gasteiger partial charge in [-0.15, -0.1) is 0 Å². The van der Waals surface area contributed by atoms with E-state index in [0.29, 0.717) is 24.6 Å². The molecule has 0 spiro atoms. The van der Waals surface area contributed by atoms with Gasteiger partial charge in [-0.3, -0.25) is 9.78 Å². The van der Waals surface area contributed by atoms with Gasteiger partial charge >= 0.3 is 0 Å². The predicted octanol–water partition coefficient (Wildman–Crippen LogP) is 3.62. The summed E-state index contributed by atoms with van der Waals surface area (Å²) in [6.07, 6.45) is 7.72. The van der Waals surface area contributed by atoms with Crippen LogP contribution in [0, 0.1) is 6.92 Å². The Balaban J connectivity index is 1.76. The molecule has 0 saturated carbocycles. The highest BCUT2D eigenvalue weighted by Gasteiger charge is 2.28. The van der Waals surface area contributed by atoms with Gasteiger partial charge in [0.1, 0.15) is 0 Å². The Morgan fingerprint density at radius 3 is 2.86 bits per heavy atom. The van der Waals surface area contributed by atoms with Gasteiger partial charge in [0, 0.05) is 55.6 Å². The van der Waals surface area contributed by atoms with Crippen LogP contribution in [0.1, 0.15) is 43.5 Å². The van der Waals surface area contributed by atoms with Gasteiger partial charge in [-0.05, 0) is 31.9 Å². The minimum absolute atomic E-state index is 0.133. The molecule has 1 aliphatic heterocycles. The highest BCUT2D eigenvalue weighted by Crippen LogP contribution is 2.34. The number of hydrogen-bond acceptors (Lipinski definition) is 6. The van der Waals surface area contributed by atoms with E-state index in [1.54, 1.807) is 18.6 Å². The number of rotatable bonds is 4. The number of pyridine rings is 1. The van der Waals surface area contributed by atoms with Gasteiger partial charge in [-0.25, -0.2) is 9.97 Å². The molecule has 28 heavy (non-hydrogen) atoms. The lowest BCUT2D eigenvalue weighted by atomic mass is 9.91. The topological polar surface area (TPSA) is 85.0 Å². The third-order valence-electron chi connectivity index (χ3n) is 5.11. The molecule has 1 aliphatic rings. The van der Waals surface area contributed by atoms with Crippen molar-refractivity contribution in [1.82, 2.24) is 25.0 Å². The first-order chi connectivity index (χ1) is 13.7. The minimum atomic E-state index is 0.133. The molecule has 0 aromatic carbocycles. The van der Waals surface area contributed by atoms with Crippen LogP contribution in [0.3, 0.4) is 0 Å². The zero-order valence-electron chi connectivity index (χ0n) is 16.1. The second kappa shape index (κ2) is 7.88. The van der Waals surface area contributed by atoms with Gasteiger partial charge in [0.05, 0.1) is 17.0 Å². The number of carbonyl (C=O) groups excluding carboxylic acids is 1. The SMILES string of the molecule is CCC(=O)N1CCCC(c2nc(-c3ccncc3)ncc2-c2cc(C)no2)C1. The highest BCUT2D eigenvalue weighted by molar-refractivity contribution is 5.76. The Bertz CT molecular complexity index is 970. The number of carbonyl (C=O) groups is 1. The Kier molecular flexibility index (Phi) is 5.14. The molecule has 4 heterocycles. The third-order valence-corrected chi connectivity index (χ3v) is 5.11. The highest BCUT2D eigenvalue weighted by atomic mass is 16.5. The Morgan fingerprint density at radius 1 is 1.32 bits per heavy atom. The van der Waals surface area contributed by atoms with Crippen molar-refractivity contribution in [2.24, 2.45) is 0 Å². The van der Waals surface area contributed by atoms with E-state index in [1.807, 2.05) is 36.9 Å². The van der Waals surface area contributed by atoms with Crippen LogP contribution >= 0.6 is 0 Å². The Hall–Kier alpha value is -3.09. The quantitative estimate of drug-likeness (QED) is 0.690. The number of hydrogen-bond donors (Lipinski definition) is 0. The summed E-state index contributed by atoms with van der Waals surface area (Å²) in [6.45, 7) is 5.27. The predicted molar refractivity (Wildman–Crippen MR) is 104 cm³/mol. The molecular formula is C21H23N5O2. The molecule has 4 rings (SSSR count). The molecule has 3 aromatic rings. The van der Waals surface area contributed by atoms with Crippen LogP contribution < -0.4 is 0 Å². The van der Waals surface area contributed by atoms with Gasteiger partial charge in [-0.1, -0.05) is 12.1 Å². The Morgan fingerprint density at radius 2 is 2.14 bits per heavy atom. The van der Waals surface area contributed by atoms with E-state index in [2.05, 4.69) is 15.1 Å². The summed E-state index contributed by atoms with van der Waals surface area (Å²) in [6, 6.07) is 5.68. The number of likely N-dealkylation sites (tertiary alicyclic amines) is 1. The van der Waals surface area contributed by atoms with Crippen LogP contribution in [0.5, 0.6) is 0 Å². The first-order valence-electron chi connectivity index (χ1n) is 9.64. The molecule has 1 fully saturated rings. The van der Waals surface area contributed by atoms with Crippen molar-refractivity contribution >= 4 is 5.91 Å². The first kappa shape index (κ1) is 18.3. The molecule has 0 radical (unpaired) electrons. The van der Waals surface area contributed by atoms with Gasteiger partial charge in [0.2, 0.25) is 5.91 Å². The second-order valence-corrected chi connectivity index (χ2v) is 7.09. The molecule has 0 bridgehead atoms. The zero-order valence-corrected chi connectivity index (χ0v) is 16.1. The number of piperidine rings is 1. The summed E-state index contributed by atoms with van der Waals surface area (Å²) in [4.78, 5) is 27.7. The molecular weight excluding hydrogens is 354 g/mol. The fourth-order valence-electron chi connectivity index (χ4n) is 3.68. The summed E-state index contributed by atoms with van der Waals surface area (Å²) in [5.74, 6) is 1.63. The van der Waals surface area contributed by atoms with Crippen molar-refractivity contribution < 1.29 is 9.32 Å².